The number of benzene rings is 1. The summed E-state index contributed by atoms with van der Waals surface area (Å²) in [6.07, 6.45) is 7.61. The molecule has 98 valence electrons. The van der Waals surface area contributed by atoms with Crippen molar-refractivity contribution < 1.29 is 4.74 Å². The number of fused-ring (bicyclic) bond motifs is 1. The minimum absolute atomic E-state index is 0.479. The molecule has 1 aromatic carbocycles. The first-order chi connectivity index (χ1) is 9.04. The number of hydrogen-bond acceptors (Lipinski definition) is 2. The Morgan fingerprint density at radius 1 is 1.26 bits per heavy atom. The van der Waals surface area contributed by atoms with Crippen molar-refractivity contribution in [2.24, 2.45) is 4.99 Å². The Labute approximate surface area is 114 Å². The van der Waals surface area contributed by atoms with Crippen molar-refractivity contribution in [2.75, 3.05) is 0 Å². The van der Waals surface area contributed by atoms with E-state index in [1.54, 1.807) is 6.21 Å². The van der Waals surface area contributed by atoms with E-state index >= 15 is 0 Å². The van der Waals surface area contributed by atoms with Crippen molar-refractivity contribution in [3.63, 3.8) is 0 Å². The second-order valence-electron chi connectivity index (χ2n) is 4.97. The summed E-state index contributed by atoms with van der Waals surface area (Å²) >= 11 is 0. The fourth-order valence-electron chi connectivity index (χ4n) is 1.97. The molecule has 0 atom stereocenters. The van der Waals surface area contributed by atoms with E-state index in [0.717, 1.165) is 22.6 Å². The average molecular weight is 253 g/mol. The van der Waals surface area contributed by atoms with Crippen LogP contribution in [0.25, 0.3) is 5.57 Å². The summed E-state index contributed by atoms with van der Waals surface area (Å²) in [6, 6.07) is 7.94. The Bertz CT molecular complexity index is 577. The molecule has 2 rings (SSSR count). The molecular weight excluding hydrogens is 234 g/mol. The first kappa shape index (κ1) is 13.3. The third-order valence-corrected chi connectivity index (χ3v) is 3.02. The van der Waals surface area contributed by atoms with Crippen LogP contribution in [0.2, 0.25) is 0 Å². The van der Waals surface area contributed by atoms with Gasteiger partial charge in [-0.2, -0.15) is 0 Å². The number of rotatable bonds is 2. The van der Waals surface area contributed by atoms with Crippen molar-refractivity contribution >= 4 is 11.8 Å². The van der Waals surface area contributed by atoms with E-state index < -0.39 is 5.60 Å². The maximum absolute atomic E-state index is 6.09. The van der Waals surface area contributed by atoms with Gasteiger partial charge in [0.1, 0.15) is 11.4 Å². The lowest BCUT2D eigenvalue weighted by Crippen LogP contribution is -2.29. The monoisotopic (exact) mass is 253 g/mol. The van der Waals surface area contributed by atoms with E-state index in [1.165, 1.54) is 0 Å². The topological polar surface area (TPSA) is 21.6 Å². The molecule has 2 nitrogen and oxygen atoms in total. The molecule has 0 aliphatic carbocycles. The minimum Gasteiger partial charge on any atom is -0.481 e. The molecule has 0 saturated carbocycles. The van der Waals surface area contributed by atoms with Crippen LogP contribution in [0.15, 0.2) is 59.8 Å². The summed E-state index contributed by atoms with van der Waals surface area (Å²) in [5, 5.41) is 0. The van der Waals surface area contributed by atoms with E-state index in [1.807, 2.05) is 63.3 Å². The molecule has 1 heterocycles. The highest BCUT2D eigenvalue weighted by atomic mass is 16.5. The van der Waals surface area contributed by atoms with E-state index in [0.29, 0.717) is 0 Å². The fraction of sp³-hybridized carbons (Fsp3) is 0.235. The van der Waals surface area contributed by atoms with Crippen molar-refractivity contribution in [3.8, 4) is 5.75 Å². The summed E-state index contributed by atoms with van der Waals surface area (Å²) in [7, 11) is 0. The van der Waals surface area contributed by atoms with Crippen LogP contribution in [0, 0.1) is 0 Å². The molecule has 1 aromatic rings. The summed E-state index contributed by atoms with van der Waals surface area (Å²) < 4.78 is 6.09. The lowest BCUT2D eigenvalue weighted by atomic mass is 10.0. The Morgan fingerprint density at radius 3 is 2.74 bits per heavy atom. The van der Waals surface area contributed by atoms with E-state index in [4.69, 9.17) is 4.74 Å². The van der Waals surface area contributed by atoms with Crippen molar-refractivity contribution in [1.82, 2.24) is 0 Å². The Kier molecular flexibility index (Phi) is 3.70. The molecule has 0 unspecified atom stereocenters. The first-order valence-electron chi connectivity index (χ1n) is 6.39. The molecule has 1 aliphatic rings. The van der Waals surface area contributed by atoms with Gasteiger partial charge in [0, 0.05) is 11.8 Å². The Hall–Kier alpha value is -2.09. The van der Waals surface area contributed by atoms with Gasteiger partial charge < -0.3 is 4.74 Å². The van der Waals surface area contributed by atoms with Crippen LogP contribution >= 0.6 is 0 Å². The van der Waals surface area contributed by atoms with Crippen LogP contribution in [0.1, 0.15) is 26.3 Å². The molecule has 0 radical (unpaired) electrons. The molecule has 0 aromatic heterocycles. The number of aliphatic imine (C=N–C) groups is 1. The van der Waals surface area contributed by atoms with Gasteiger partial charge in [-0.25, -0.2) is 0 Å². The van der Waals surface area contributed by atoms with Crippen LogP contribution in [0.4, 0.5) is 0 Å². The zero-order chi connectivity index (χ0) is 13.9. The van der Waals surface area contributed by atoms with Gasteiger partial charge in [0.15, 0.2) is 0 Å². The molecule has 0 fully saturated rings. The number of nitrogens with zero attached hydrogens (tertiary/aromatic N) is 1. The number of allylic oxidation sites excluding steroid dienone is 4. The summed E-state index contributed by atoms with van der Waals surface area (Å²) in [4.78, 5) is 4.48. The largest absolute Gasteiger partial charge is 0.481 e. The van der Waals surface area contributed by atoms with Crippen LogP contribution < -0.4 is 4.74 Å². The van der Waals surface area contributed by atoms with Gasteiger partial charge in [-0.05, 0) is 44.6 Å². The van der Waals surface area contributed by atoms with Crippen LogP contribution in [-0.2, 0) is 0 Å². The van der Waals surface area contributed by atoms with E-state index in [2.05, 4.69) is 11.6 Å². The molecule has 19 heavy (non-hydrogen) atoms. The van der Waals surface area contributed by atoms with Gasteiger partial charge in [-0.1, -0.05) is 30.9 Å². The minimum atomic E-state index is -0.479. The fourth-order valence-corrected chi connectivity index (χ4v) is 1.97. The predicted molar refractivity (Wildman–Crippen MR) is 81.6 cm³/mol. The molecule has 0 bridgehead atoms. The highest BCUT2D eigenvalue weighted by Crippen LogP contribution is 2.36. The average Bonchev–Trinajstić information content (AvgIpc) is 2.46. The van der Waals surface area contributed by atoms with Crippen LogP contribution in [0.5, 0.6) is 5.75 Å². The van der Waals surface area contributed by atoms with Gasteiger partial charge in [-0.3, -0.25) is 4.99 Å². The Balaban J connectivity index is 2.45. The van der Waals surface area contributed by atoms with Gasteiger partial charge in [0.25, 0.3) is 0 Å². The summed E-state index contributed by atoms with van der Waals surface area (Å²) in [5.41, 5.74) is 2.33. The predicted octanol–water partition coefficient (Wildman–Crippen LogP) is 4.40. The summed E-state index contributed by atoms with van der Waals surface area (Å²) in [5.74, 6) is 0.852. The van der Waals surface area contributed by atoms with Crippen molar-refractivity contribution in [2.45, 2.75) is 26.4 Å². The zero-order valence-electron chi connectivity index (χ0n) is 11.7. The normalized spacial score (nSPS) is 18.1. The maximum Gasteiger partial charge on any atom is 0.145 e. The highest BCUT2D eigenvalue weighted by Gasteiger charge is 2.29. The van der Waals surface area contributed by atoms with Crippen LogP contribution in [0.3, 0.4) is 0 Å². The quantitative estimate of drug-likeness (QED) is 0.716. The third kappa shape index (κ3) is 2.84. The first-order valence-corrected chi connectivity index (χ1v) is 6.39. The lowest BCUT2D eigenvalue weighted by Gasteiger charge is -2.25. The van der Waals surface area contributed by atoms with Crippen molar-refractivity contribution in [3.05, 3.63) is 60.3 Å². The van der Waals surface area contributed by atoms with Gasteiger partial charge in [-0.15, -0.1) is 0 Å². The molecule has 0 N–H and O–H groups in total. The molecule has 0 saturated heterocycles. The summed E-state index contributed by atoms with van der Waals surface area (Å²) in [6.45, 7) is 10.1. The molecule has 1 aliphatic heterocycles. The third-order valence-electron chi connectivity index (χ3n) is 3.02. The van der Waals surface area contributed by atoms with Gasteiger partial charge in [0.2, 0.25) is 0 Å². The molecule has 0 spiro atoms. The number of para-hydroxylation sites is 1. The molecule has 2 heteroatoms. The van der Waals surface area contributed by atoms with E-state index in [-0.39, 0.29) is 0 Å². The van der Waals surface area contributed by atoms with Crippen LogP contribution in [-0.4, -0.2) is 11.8 Å². The maximum atomic E-state index is 6.09. The smallest absolute Gasteiger partial charge is 0.145 e. The second-order valence-corrected chi connectivity index (χ2v) is 4.97. The number of hydrogen-bond donors (Lipinski definition) is 0. The second kappa shape index (κ2) is 5.27. The SMILES string of the molecule is C=C1C=C(N=C/C=C\C)C(C)(C)Oc2ccccc21. The number of ether oxygens (including phenoxy) is 1. The molecule has 0 amide bonds. The van der Waals surface area contributed by atoms with Gasteiger partial charge >= 0.3 is 0 Å². The zero-order valence-corrected chi connectivity index (χ0v) is 11.7. The highest BCUT2D eigenvalue weighted by molar-refractivity contribution is 5.79. The molecular formula is C17H19NO. The van der Waals surface area contributed by atoms with Gasteiger partial charge in [0.05, 0.1) is 5.70 Å². The lowest BCUT2D eigenvalue weighted by molar-refractivity contribution is 0.148. The van der Waals surface area contributed by atoms with E-state index in [9.17, 15) is 0 Å². The van der Waals surface area contributed by atoms with Crippen molar-refractivity contribution in [1.29, 1.82) is 0 Å². The Morgan fingerprint density at radius 2 is 2.00 bits per heavy atom. The standard InChI is InChI=1S/C17H19NO/c1-5-6-11-18-16-12-13(2)14-9-7-8-10-15(14)19-17(16,3)4/h5-12H,2H2,1,3-4H3/b6-5-,18-11?.